The summed E-state index contributed by atoms with van der Waals surface area (Å²) >= 11 is 0. The van der Waals surface area contributed by atoms with E-state index >= 15 is 0 Å². The van der Waals surface area contributed by atoms with Gasteiger partial charge in [0, 0.05) is 12.5 Å². The maximum absolute atomic E-state index is 13.1. The smallest absolute Gasteiger partial charge is 0.231 e. The van der Waals surface area contributed by atoms with E-state index < -0.39 is 0 Å². The molecule has 4 nitrogen and oxygen atoms in total. The number of likely N-dealkylation sites (N-methyl/N-ethyl adjacent to an activating group) is 1. The SMILES string of the molecule is CCNC(C)C(C)c1nc(Cc2cccc(F)c2)no1. The van der Waals surface area contributed by atoms with E-state index in [0.29, 0.717) is 18.1 Å². The summed E-state index contributed by atoms with van der Waals surface area (Å²) in [6.07, 6.45) is 0.476. The normalized spacial score (nSPS) is 14.2. The van der Waals surface area contributed by atoms with E-state index in [9.17, 15) is 4.39 Å². The van der Waals surface area contributed by atoms with E-state index in [-0.39, 0.29) is 17.8 Å². The molecular formula is C15H20FN3O. The number of rotatable bonds is 6. The fourth-order valence-corrected chi connectivity index (χ4v) is 2.07. The number of nitrogens with zero attached hydrogens (tertiary/aromatic N) is 2. The Kier molecular flexibility index (Phi) is 4.84. The Balaban J connectivity index is 2.05. The minimum atomic E-state index is -0.250. The molecule has 0 saturated carbocycles. The van der Waals surface area contributed by atoms with Crippen LogP contribution in [-0.4, -0.2) is 22.7 Å². The average Bonchev–Trinajstić information content (AvgIpc) is 2.86. The molecule has 0 spiro atoms. The minimum Gasteiger partial charge on any atom is -0.339 e. The molecule has 0 fully saturated rings. The number of benzene rings is 1. The Bertz CT molecular complexity index is 556. The van der Waals surface area contributed by atoms with Crippen molar-refractivity contribution < 1.29 is 8.91 Å². The van der Waals surface area contributed by atoms with Crippen molar-refractivity contribution in [3.05, 3.63) is 47.4 Å². The number of nitrogens with one attached hydrogen (secondary N) is 1. The monoisotopic (exact) mass is 277 g/mol. The number of hydrogen-bond acceptors (Lipinski definition) is 4. The molecule has 0 amide bonds. The third-order valence-electron chi connectivity index (χ3n) is 3.40. The molecule has 0 aliphatic rings. The summed E-state index contributed by atoms with van der Waals surface area (Å²) in [4.78, 5) is 4.40. The van der Waals surface area contributed by atoms with Crippen molar-refractivity contribution in [3.8, 4) is 0 Å². The van der Waals surface area contributed by atoms with Gasteiger partial charge >= 0.3 is 0 Å². The van der Waals surface area contributed by atoms with Crippen molar-refractivity contribution in [2.75, 3.05) is 6.54 Å². The molecule has 0 aliphatic carbocycles. The van der Waals surface area contributed by atoms with Crippen molar-refractivity contribution in [1.29, 1.82) is 0 Å². The van der Waals surface area contributed by atoms with Crippen molar-refractivity contribution in [1.82, 2.24) is 15.5 Å². The predicted molar refractivity (Wildman–Crippen MR) is 75.1 cm³/mol. The van der Waals surface area contributed by atoms with Crippen molar-refractivity contribution in [2.24, 2.45) is 0 Å². The van der Waals surface area contributed by atoms with E-state index in [1.54, 1.807) is 6.07 Å². The van der Waals surface area contributed by atoms with Crippen LogP contribution in [0, 0.1) is 5.82 Å². The van der Waals surface area contributed by atoms with Crippen LogP contribution in [0.25, 0.3) is 0 Å². The second-order valence-corrected chi connectivity index (χ2v) is 4.99. The summed E-state index contributed by atoms with van der Waals surface area (Å²) < 4.78 is 18.4. The molecule has 1 aromatic carbocycles. The molecule has 1 aromatic heterocycles. The lowest BCUT2D eigenvalue weighted by Gasteiger charge is -2.16. The topological polar surface area (TPSA) is 51.0 Å². The summed E-state index contributed by atoms with van der Waals surface area (Å²) in [5.74, 6) is 1.09. The van der Waals surface area contributed by atoms with Gasteiger partial charge in [-0.1, -0.05) is 31.1 Å². The number of hydrogen-bond donors (Lipinski definition) is 1. The second kappa shape index (κ2) is 6.61. The molecular weight excluding hydrogens is 257 g/mol. The lowest BCUT2D eigenvalue weighted by Crippen LogP contribution is -2.30. The van der Waals surface area contributed by atoms with E-state index in [1.165, 1.54) is 12.1 Å². The Labute approximate surface area is 118 Å². The summed E-state index contributed by atoms with van der Waals surface area (Å²) in [6.45, 7) is 7.10. The Morgan fingerprint density at radius 3 is 2.85 bits per heavy atom. The third kappa shape index (κ3) is 3.63. The van der Waals surface area contributed by atoms with Crippen molar-refractivity contribution in [3.63, 3.8) is 0 Å². The first-order chi connectivity index (χ1) is 9.60. The molecule has 0 aliphatic heterocycles. The summed E-state index contributed by atoms with van der Waals surface area (Å²) in [7, 11) is 0. The standard InChI is InChI=1S/C15H20FN3O/c1-4-17-11(3)10(2)15-18-14(19-20-15)9-12-6-5-7-13(16)8-12/h5-8,10-11,17H,4,9H2,1-3H3. The average molecular weight is 277 g/mol. The van der Waals surface area contributed by atoms with Gasteiger partial charge in [0.2, 0.25) is 5.89 Å². The van der Waals surface area contributed by atoms with Gasteiger partial charge in [0.05, 0.1) is 5.92 Å². The summed E-state index contributed by atoms with van der Waals surface area (Å²) in [6, 6.07) is 6.71. The molecule has 2 atom stereocenters. The fraction of sp³-hybridized carbons (Fsp3) is 0.467. The first-order valence-corrected chi connectivity index (χ1v) is 6.90. The van der Waals surface area contributed by atoms with E-state index in [1.807, 2.05) is 13.0 Å². The zero-order valence-corrected chi connectivity index (χ0v) is 12.1. The van der Waals surface area contributed by atoms with E-state index in [0.717, 1.165) is 12.1 Å². The second-order valence-electron chi connectivity index (χ2n) is 4.99. The first kappa shape index (κ1) is 14.7. The summed E-state index contributed by atoms with van der Waals surface area (Å²) in [5.41, 5.74) is 0.838. The van der Waals surface area contributed by atoms with Crippen LogP contribution in [0.1, 0.15) is 44.0 Å². The number of aromatic nitrogens is 2. The van der Waals surface area contributed by atoms with Crippen LogP contribution < -0.4 is 5.32 Å². The highest BCUT2D eigenvalue weighted by Crippen LogP contribution is 2.18. The Morgan fingerprint density at radius 2 is 2.15 bits per heavy atom. The number of halogens is 1. The van der Waals surface area contributed by atoms with Gasteiger partial charge in [0.25, 0.3) is 0 Å². The molecule has 0 saturated heterocycles. The van der Waals surface area contributed by atoms with Crippen LogP contribution in [0.2, 0.25) is 0 Å². The zero-order valence-electron chi connectivity index (χ0n) is 12.1. The fourth-order valence-electron chi connectivity index (χ4n) is 2.07. The van der Waals surface area contributed by atoms with Crippen LogP contribution in [0.15, 0.2) is 28.8 Å². The molecule has 0 bridgehead atoms. The van der Waals surface area contributed by atoms with Crippen LogP contribution in [0.5, 0.6) is 0 Å². The van der Waals surface area contributed by atoms with Gasteiger partial charge in [0.1, 0.15) is 5.82 Å². The highest BCUT2D eigenvalue weighted by molar-refractivity contribution is 5.19. The van der Waals surface area contributed by atoms with Crippen LogP contribution in [-0.2, 0) is 6.42 Å². The Hall–Kier alpha value is -1.75. The third-order valence-corrected chi connectivity index (χ3v) is 3.40. The highest BCUT2D eigenvalue weighted by Gasteiger charge is 2.20. The molecule has 5 heteroatoms. The maximum Gasteiger partial charge on any atom is 0.231 e. The molecule has 2 unspecified atom stereocenters. The van der Waals surface area contributed by atoms with Crippen LogP contribution >= 0.6 is 0 Å². The predicted octanol–water partition coefficient (Wildman–Crippen LogP) is 2.90. The zero-order chi connectivity index (χ0) is 14.5. The molecule has 0 radical (unpaired) electrons. The van der Waals surface area contributed by atoms with E-state index in [4.69, 9.17) is 4.52 Å². The molecule has 2 aromatic rings. The van der Waals surface area contributed by atoms with Crippen molar-refractivity contribution in [2.45, 2.75) is 39.2 Å². The molecule has 1 N–H and O–H groups in total. The first-order valence-electron chi connectivity index (χ1n) is 6.90. The van der Waals surface area contributed by atoms with Gasteiger partial charge < -0.3 is 9.84 Å². The lowest BCUT2D eigenvalue weighted by atomic mass is 10.0. The van der Waals surface area contributed by atoms with Gasteiger partial charge in [-0.25, -0.2) is 4.39 Å². The minimum absolute atomic E-state index is 0.142. The molecule has 1 heterocycles. The van der Waals surface area contributed by atoms with Crippen molar-refractivity contribution >= 4 is 0 Å². The van der Waals surface area contributed by atoms with Gasteiger partial charge in [-0.15, -0.1) is 0 Å². The molecule has 108 valence electrons. The quantitative estimate of drug-likeness (QED) is 0.882. The van der Waals surface area contributed by atoms with Gasteiger partial charge in [0.15, 0.2) is 5.82 Å². The summed E-state index contributed by atoms with van der Waals surface area (Å²) in [5, 5.41) is 7.30. The van der Waals surface area contributed by atoms with E-state index in [2.05, 4.69) is 29.3 Å². The highest BCUT2D eigenvalue weighted by atomic mass is 19.1. The molecule has 20 heavy (non-hydrogen) atoms. The lowest BCUT2D eigenvalue weighted by molar-refractivity contribution is 0.330. The van der Waals surface area contributed by atoms with Gasteiger partial charge in [-0.05, 0) is 31.2 Å². The van der Waals surface area contributed by atoms with Crippen LogP contribution in [0.3, 0.4) is 0 Å². The van der Waals surface area contributed by atoms with Gasteiger partial charge in [-0.2, -0.15) is 4.98 Å². The van der Waals surface area contributed by atoms with Gasteiger partial charge in [-0.3, -0.25) is 0 Å². The molecule has 2 rings (SSSR count). The van der Waals surface area contributed by atoms with Crippen LogP contribution in [0.4, 0.5) is 4.39 Å². The largest absolute Gasteiger partial charge is 0.339 e. The maximum atomic E-state index is 13.1. The Morgan fingerprint density at radius 1 is 1.35 bits per heavy atom.